The fourth-order valence-corrected chi connectivity index (χ4v) is 4.03. The molecule has 27 heavy (non-hydrogen) atoms. The van der Waals surface area contributed by atoms with Gasteiger partial charge >= 0.3 is 0 Å². The Morgan fingerprint density at radius 3 is 2.37 bits per heavy atom. The van der Waals surface area contributed by atoms with E-state index in [1.54, 1.807) is 30.3 Å². The molecule has 0 unspecified atom stereocenters. The Labute approximate surface area is 165 Å². The van der Waals surface area contributed by atoms with Gasteiger partial charge in [0.25, 0.3) is 0 Å². The zero-order valence-electron chi connectivity index (χ0n) is 15.9. The molecular weight excluding hydrogens is 388 g/mol. The third-order valence-electron chi connectivity index (χ3n) is 4.25. The molecule has 1 atom stereocenters. The number of carbonyl (C=O) groups excluding carboxylic acids is 1. The first-order chi connectivity index (χ1) is 12.5. The Morgan fingerprint density at radius 1 is 1.15 bits per heavy atom. The molecule has 0 fully saturated rings. The lowest BCUT2D eigenvalue weighted by Gasteiger charge is -2.29. The molecule has 1 amide bonds. The molecular formula is C19H23ClN2O4S. The lowest BCUT2D eigenvalue weighted by Crippen LogP contribution is -2.45. The van der Waals surface area contributed by atoms with Crippen molar-refractivity contribution in [3.8, 4) is 5.75 Å². The van der Waals surface area contributed by atoms with E-state index in [4.69, 9.17) is 16.3 Å². The molecule has 1 N–H and O–H groups in total. The number of ether oxygens (including phenoxy) is 1. The third-order valence-corrected chi connectivity index (χ3v) is 5.73. The highest BCUT2D eigenvalue weighted by molar-refractivity contribution is 7.92. The fourth-order valence-electron chi connectivity index (χ4n) is 2.69. The van der Waals surface area contributed by atoms with Crippen LogP contribution in [0.2, 0.25) is 5.02 Å². The van der Waals surface area contributed by atoms with Crippen LogP contribution in [0.5, 0.6) is 5.75 Å². The van der Waals surface area contributed by atoms with Crippen LogP contribution in [0.25, 0.3) is 0 Å². The monoisotopic (exact) mass is 410 g/mol. The number of benzene rings is 2. The maximum atomic E-state index is 12.8. The number of hydrogen-bond acceptors (Lipinski definition) is 4. The number of sulfonamides is 1. The number of hydrogen-bond donors (Lipinski definition) is 1. The summed E-state index contributed by atoms with van der Waals surface area (Å²) in [6.07, 6.45) is 1.08. The van der Waals surface area contributed by atoms with Crippen LogP contribution in [0, 0.1) is 13.8 Å². The van der Waals surface area contributed by atoms with Gasteiger partial charge in [0.15, 0.2) is 0 Å². The number of nitrogens with one attached hydrogen (secondary N) is 1. The molecule has 0 radical (unpaired) electrons. The van der Waals surface area contributed by atoms with E-state index >= 15 is 0 Å². The molecule has 0 aliphatic carbocycles. The molecule has 8 heteroatoms. The largest absolute Gasteiger partial charge is 0.495 e. The topological polar surface area (TPSA) is 75.7 Å². The van der Waals surface area contributed by atoms with Crippen molar-refractivity contribution in [2.24, 2.45) is 0 Å². The molecule has 6 nitrogen and oxygen atoms in total. The van der Waals surface area contributed by atoms with Gasteiger partial charge in [-0.05, 0) is 62.2 Å². The first-order valence-corrected chi connectivity index (χ1v) is 10.5. The van der Waals surface area contributed by atoms with Crippen LogP contribution < -0.4 is 14.4 Å². The number of carbonyl (C=O) groups is 1. The van der Waals surface area contributed by atoms with Crippen molar-refractivity contribution in [2.45, 2.75) is 26.8 Å². The van der Waals surface area contributed by atoms with Crippen molar-refractivity contribution in [2.75, 3.05) is 23.0 Å². The van der Waals surface area contributed by atoms with Crippen molar-refractivity contribution < 1.29 is 17.9 Å². The van der Waals surface area contributed by atoms with E-state index in [9.17, 15) is 13.2 Å². The molecule has 0 aliphatic rings. The van der Waals surface area contributed by atoms with Gasteiger partial charge in [-0.25, -0.2) is 8.42 Å². The van der Waals surface area contributed by atoms with Crippen LogP contribution in [0.3, 0.4) is 0 Å². The minimum Gasteiger partial charge on any atom is -0.495 e. The van der Waals surface area contributed by atoms with Gasteiger partial charge in [-0.3, -0.25) is 9.10 Å². The van der Waals surface area contributed by atoms with E-state index < -0.39 is 22.0 Å². The van der Waals surface area contributed by atoms with Crippen molar-refractivity contribution in [3.63, 3.8) is 0 Å². The summed E-state index contributed by atoms with van der Waals surface area (Å²) in [5, 5.41) is 3.12. The Hall–Kier alpha value is -2.25. The second kappa shape index (κ2) is 8.19. The van der Waals surface area contributed by atoms with Crippen molar-refractivity contribution in [1.82, 2.24) is 0 Å². The highest BCUT2D eigenvalue weighted by Crippen LogP contribution is 2.29. The molecule has 2 aromatic rings. The Kier molecular flexibility index (Phi) is 6.38. The van der Waals surface area contributed by atoms with Crippen LogP contribution in [-0.4, -0.2) is 33.7 Å². The number of anilines is 2. The molecule has 2 rings (SSSR count). The number of amides is 1. The van der Waals surface area contributed by atoms with Gasteiger partial charge in [-0.2, -0.15) is 0 Å². The van der Waals surface area contributed by atoms with Gasteiger partial charge in [0.2, 0.25) is 15.9 Å². The first kappa shape index (κ1) is 21.1. The summed E-state index contributed by atoms with van der Waals surface area (Å²) >= 11 is 5.99. The number of rotatable bonds is 6. The predicted octanol–water partition coefficient (Wildman–Crippen LogP) is 3.76. The summed E-state index contributed by atoms with van der Waals surface area (Å²) in [4.78, 5) is 12.8. The third kappa shape index (κ3) is 4.93. The minimum absolute atomic E-state index is 0.371. The van der Waals surface area contributed by atoms with Crippen LogP contribution in [0.15, 0.2) is 36.4 Å². The molecule has 0 aromatic heterocycles. The number of methoxy groups -OCH3 is 1. The Morgan fingerprint density at radius 2 is 1.81 bits per heavy atom. The minimum atomic E-state index is -3.69. The number of aryl methyl sites for hydroxylation is 2. The molecule has 0 saturated heterocycles. The summed E-state index contributed by atoms with van der Waals surface area (Å²) < 4.78 is 31.1. The summed E-state index contributed by atoms with van der Waals surface area (Å²) in [5.41, 5.74) is 2.77. The smallest absolute Gasteiger partial charge is 0.248 e. The second-order valence-corrected chi connectivity index (χ2v) is 8.63. The zero-order valence-corrected chi connectivity index (χ0v) is 17.5. The van der Waals surface area contributed by atoms with Crippen LogP contribution in [0.4, 0.5) is 11.4 Å². The standard InChI is InChI=1S/C19H23ClN2O4S/c1-12-6-8-16(10-13(12)2)22(27(5,24)25)14(3)19(23)21-17-11-15(20)7-9-18(17)26-4/h6-11,14H,1-5H3,(H,21,23)/t14-/m1/s1. The predicted molar refractivity (Wildman–Crippen MR) is 109 cm³/mol. The van der Waals surface area contributed by atoms with Crippen LogP contribution in [-0.2, 0) is 14.8 Å². The first-order valence-electron chi connectivity index (χ1n) is 8.25. The van der Waals surface area contributed by atoms with Crippen LogP contribution in [0.1, 0.15) is 18.1 Å². The summed E-state index contributed by atoms with van der Waals surface area (Å²) in [7, 11) is -2.22. The zero-order chi connectivity index (χ0) is 20.4. The average Bonchev–Trinajstić information content (AvgIpc) is 2.57. The molecule has 0 spiro atoms. The Bertz CT molecular complexity index is 960. The maximum absolute atomic E-state index is 12.8. The van der Waals surface area contributed by atoms with E-state index in [0.717, 1.165) is 21.7 Å². The molecule has 0 saturated carbocycles. The lowest BCUT2D eigenvalue weighted by molar-refractivity contribution is -0.116. The highest BCUT2D eigenvalue weighted by Gasteiger charge is 2.29. The normalized spacial score (nSPS) is 12.4. The molecule has 0 aliphatic heterocycles. The second-order valence-electron chi connectivity index (χ2n) is 6.34. The van der Waals surface area contributed by atoms with Crippen molar-refractivity contribution >= 4 is 38.9 Å². The van der Waals surface area contributed by atoms with E-state index in [1.165, 1.54) is 14.0 Å². The molecule has 0 bridgehead atoms. The van der Waals surface area contributed by atoms with E-state index in [-0.39, 0.29) is 0 Å². The quantitative estimate of drug-likeness (QED) is 0.786. The van der Waals surface area contributed by atoms with Gasteiger partial charge in [-0.15, -0.1) is 0 Å². The van der Waals surface area contributed by atoms with E-state index in [0.29, 0.717) is 22.1 Å². The van der Waals surface area contributed by atoms with Gasteiger partial charge in [0.1, 0.15) is 11.8 Å². The van der Waals surface area contributed by atoms with E-state index in [2.05, 4.69) is 5.32 Å². The molecule has 146 valence electrons. The fraction of sp³-hybridized carbons (Fsp3) is 0.316. The number of nitrogens with zero attached hydrogens (tertiary/aromatic N) is 1. The molecule has 2 aromatic carbocycles. The summed E-state index contributed by atoms with van der Waals surface area (Å²) in [6, 6.07) is 9.09. The van der Waals surface area contributed by atoms with Gasteiger partial charge in [0, 0.05) is 5.02 Å². The van der Waals surface area contributed by atoms with Crippen molar-refractivity contribution in [3.05, 3.63) is 52.5 Å². The summed E-state index contributed by atoms with van der Waals surface area (Å²) in [6.45, 7) is 5.36. The molecule has 0 heterocycles. The SMILES string of the molecule is COc1ccc(Cl)cc1NC(=O)[C@@H](C)N(c1ccc(C)c(C)c1)S(C)(=O)=O. The lowest BCUT2D eigenvalue weighted by atomic mass is 10.1. The average molecular weight is 411 g/mol. The highest BCUT2D eigenvalue weighted by atomic mass is 35.5. The van der Waals surface area contributed by atoms with Crippen LogP contribution >= 0.6 is 11.6 Å². The Balaban J connectivity index is 2.38. The van der Waals surface area contributed by atoms with E-state index in [1.807, 2.05) is 19.9 Å². The van der Waals surface area contributed by atoms with Gasteiger partial charge in [0.05, 0.1) is 24.7 Å². The maximum Gasteiger partial charge on any atom is 0.248 e. The summed E-state index contributed by atoms with van der Waals surface area (Å²) in [5.74, 6) is -0.0729. The van der Waals surface area contributed by atoms with Gasteiger partial charge < -0.3 is 10.1 Å². The van der Waals surface area contributed by atoms with Gasteiger partial charge in [-0.1, -0.05) is 17.7 Å². The number of halogens is 1. The van der Waals surface area contributed by atoms with Crippen molar-refractivity contribution in [1.29, 1.82) is 0 Å².